The highest BCUT2D eigenvalue weighted by Gasteiger charge is 2.14. The molecular weight excluding hydrogens is 342 g/mol. The highest BCUT2D eigenvalue weighted by Crippen LogP contribution is 2.22. The number of hydrogen-bond acceptors (Lipinski definition) is 4. The molecule has 7 heteroatoms. The van der Waals surface area contributed by atoms with Crippen LogP contribution in [0.2, 0.25) is 0 Å². The number of nitrogens with zero attached hydrogens (tertiary/aromatic N) is 1. The van der Waals surface area contributed by atoms with Crippen LogP contribution in [0, 0.1) is 6.92 Å². The van der Waals surface area contributed by atoms with E-state index in [1.54, 1.807) is 12.3 Å². The molecule has 20 heavy (non-hydrogen) atoms. The van der Waals surface area contributed by atoms with E-state index in [1.807, 2.05) is 19.1 Å². The Balaban J connectivity index is 2.14. The van der Waals surface area contributed by atoms with Crippen molar-refractivity contribution in [3.8, 4) is 0 Å². The maximum absolute atomic E-state index is 12.1. The van der Waals surface area contributed by atoms with E-state index in [4.69, 9.17) is 5.73 Å². The van der Waals surface area contributed by atoms with Gasteiger partial charge in [-0.1, -0.05) is 6.07 Å². The number of pyridine rings is 1. The first-order chi connectivity index (χ1) is 9.38. The third kappa shape index (κ3) is 3.56. The molecule has 1 aromatic carbocycles. The van der Waals surface area contributed by atoms with Gasteiger partial charge in [-0.2, -0.15) is 0 Å². The number of anilines is 1. The molecule has 106 valence electrons. The Morgan fingerprint density at radius 2 is 2.05 bits per heavy atom. The summed E-state index contributed by atoms with van der Waals surface area (Å²) in [6.07, 6.45) is 1.65. The molecule has 0 spiro atoms. The van der Waals surface area contributed by atoms with E-state index >= 15 is 0 Å². The van der Waals surface area contributed by atoms with Gasteiger partial charge < -0.3 is 5.73 Å². The molecule has 0 aliphatic heterocycles. The number of halogens is 1. The molecule has 0 bridgehead atoms. The second-order valence-electron chi connectivity index (χ2n) is 4.32. The first-order valence-corrected chi connectivity index (χ1v) is 8.12. The van der Waals surface area contributed by atoms with E-state index in [1.165, 1.54) is 12.1 Å². The van der Waals surface area contributed by atoms with E-state index in [9.17, 15) is 8.42 Å². The van der Waals surface area contributed by atoms with Crippen LogP contribution in [0.4, 0.5) is 5.69 Å². The number of aryl methyl sites for hydroxylation is 1. The second-order valence-corrected chi connectivity index (χ2v) is 6.94. The highest BCUT2D eigenvalue weighted by atomic mass is 79.9. The summed E-state index contributed by atoms with van der Waals surface area (Å²) in [4.78, 5) is 4.25. The average Bonchev–Trinajstić information content (AvgIpc) is 2.41. The predicted molar refractivity (Wildman–Crippen MR) is 81.6 cm³/mol. The predicted octanol–water partition coefficient (Wildman–Crippen LogP) is 2.21. The summed E-state index contributed by atoms with van der Waals surface area (Å²) in [6, 6.07) is 8.19. The van der Waals surface area contributed by atoms with Crippen LogP contribution < -0.4 is 10.5 Å². The van der Waals surface area contributed by atoms with Crippen LogP contribution in [0.15, 0.2) is 45.9 Å². The quantitative estimate of drug-likeness (QED) is 0.823. The van der Waals surface area contributed by atoms with Crippen LogP contribution >= 0.6 is 15.9 Å². The summed E-state index contributed by atoms with van der Waals surface area (Å²) < 4.78 is 27.5. The zero-order valence-electron chi connectivity index (χ0n) is 10.8. The molecule has 0 aliphatic carbocycles. The summed E-state index contributed by atoms with van der Waals surface area (Å²) in [5, 5.41) is 0. The van der Waals surface area contributed by atoms with Crippen molar-refractivity contribution in [2.75, 3.05) is 5.73 Å². The van der Waals surface area contributed by atoms with Crippen molar-refractivity contribution in [1.82, 2.24) is 9.71 Å². The lowest BCUT2D eigenvalue weighted by Gasteiger charge is -2.08. The van der Waals surface area contributed by atoms with E-state index < -0.39 is 10.0 Å². The average molecular weight is 356 g/mol. The number of nitrogens with two attached hydrogens (primary N) is 1. The van der Waals surface area contributed by atoms with Crippen molar-refractivity contribution in [3.63, 3.8) is 0 Å². The van der Waals surface area contributed by atoms with Crippen molar-refractivity contribution in [1.29, 1.82) is 0 Å². The standard InChI is InChI=1S/C13H14BrN3O2S/c1-9-2-3-10(7-16-9)8-17-20(18,19)11-4-5-12(14)13(15)6-11/h2-7,17H,8,15H2,1H3. The van der Waals surface area contributed by atoms with Crippen molar-refractivity contribution in [2.24, 2.45) is 0 Å². The molecule has 0 unspecified atom stereocenters. The molecule has 2 rings (SSSR count). The Morgan fingerprint density at radius 3 is 2.65 bits per heavy atom. The fourth-order valence-electron chi connectivity index (χ4n) is 1.55. The normalized spacial score (nSPS) is 11.5. The van der Waals surface area contributed by atoms with Gasteiger partial charge in [-0.05, 0) is 52.7 Å². The maximum Gasteiger partial charge on any atom is 0.240 e. The molecule has 0 amide bonds. The lowest BCUT2D eigenvalue weighted by molar-refractivity contribution is 0.581. The topological polar surface area (TPSA) is 85.1 Å². The van der Waals surface area contributed by atoms with Gasteiger partial charge >= 0.3 is 0 Å². The number of nitrogen functional groups attached to an aromatic ring is 1. The molecule has 5 nitrogen and oxygen atoms in total. The summed E-state index contributed by atoms with van der Waals surface area (Å²) >= 11 is 3.23. The molecule has 0 aliphatic rings. The third-order valence-corrected chi connectivity index (χ3v) is 4.84. The smallest absolute Gasteiger partial charge is 0.240 e. The fourth-order valence-corrected chi connectivity index (χ4v) is 2.85. The zero-order chi connectivity index (χ0) is 14.8. The number of benzene rings is 1. The molecule has 1 aromatic heterocycles. The van der Waals surface area contributed by atoms with Gasteiger partial charge in [-0.3, -0.25) is 4.98 Å². The van der Waals surface area contributed by atoms with E-state index in [-0.39, 0.29) is 11.4 Å². The van der Waals surface area contributed by atoms with Crippen LogP contribution in [-0.4, -0.2) is 13.4 Å². The van der Waals surface area contributed by atoms with Gasteiger partial charge in [0.2, 0.25) is 10.0 Å². The summed E-state index contributed by atoms with van der Waals surface area (Å²) in [5.41, 5.74) is 7.75. The van der Waals surface area contributed by atoms with Crippen molar-refractivity contribution >= 4 is 31.6 Å². The minimum absolute atomic E-state index is 0.137. The molecule has 0 atom stereocenters. The maximum atomic E-state index is 12.1. The number of hydrogen-bond donors (Lipinski definition) is 2. The van der Waals surface area contributed by atoms with Crippen LogP contribution in [0.25, 0.3) is 0 Å². The third-order valence-electron chi connectivity index (χ3n) is 2.72. The van der Waals surface area contributed by atoms with E-state index in [0.29, 0.717) is 10.2 Å². The van der Waals surface area contributed by atoms with E-state index in [2.05, 4.69) is 25.6 Å². The molecule has 3 N–H and O–H groups in total. The first-order valence-electron chi connectivity index (χ1n) is 5.85. The van der Waals surface area contributed by atoms with Crippen LogP contribution in [0.3, 0.4) is 0 Å². The molecule has 1 heterocycles. The largest absolute Gasteiger partial charge is 0.398 e. The van der Waals surface area contributed by atoms with Gasteiger partial charge in [-0.15, -0.1) is 0 Å². The Labute approximate surface area is 126 Å². The van der Waals surface area contributed by atoms with Crippen molar-refractivity contribution < 1.29 is 8.42 Å². The number of aromatic nitrogens is 1. The summed E-state index contributed by atoms with van der Waals surface area (Å²) in [7, 11) is -3.59. The SMILES string of the molecule is Cc1ccc(CNS(=O)(=O)c2ccc(Br)c(N)c2)cn1. The lowest BCUT2D eigenvalue weighted by atomic mass is 10.2. The minimum Gasteiger partial charge on any atom is -0.398 e. The van der Waals surface area contributed by atoms with Gasteiger partial charge in [0.05, 0.1) is 4.90 Å². The van der Waals surface area contributed by atoms with Crippen molar-refractivity contribution in [2.45, 2.75) is 18.4 Å². The first kappa shape index (κ1) is 15.0. The van der Waals surface area contributed by atoms with Gasteiger partial charge in [0.15, 0.2) is 0 Å². The Bertz CT molecular complexity index is 715. The Kier molecular flexibility index (Phi) is 4.42. The van der Waals surface area contributed by atoms with Crippen LogP contribution in [-0.2, 0) is 16.6 Å². The van der Waals surface area contributed by atoms with Gasteiger partial charge in [0, 0.05) is 28.6 Å². The molecule has 0 fully saturated rings. The van der Waals surface area contributed by atoms with Crippen LogP contribution in [0.1, 0.15) is 11.3 Å². The number of rotatable bonds is 4. The number of sulfonamides is 1. The lowest BCUT2D eigenvalue weighted by Crippen LogP contribution is -2.23. The highest BCUT2D eigenvalue weighted by molar-refractivity contribution is 9.10. The Morgan fingerprint density at radius 1 is 1.30 bits per heavy atom. The van der Waals surface area contributed by atoms with Crippen molar-refractivity contribution in [3.05, 3.63) is 52.3 Å². The van der Waals surface area contributed by atoms with Gasteiger partial charge in [0.1, 0.15) is 0 Å². The molecular formula is C13H14BrN3O2S. The molecule has 0 radical (unpaired) electrons. The molecule has 0 saturated carbocycles. The Hall–Kier alpha value is -1.44. The summed E-state index contributed by atoms with van der Waals surface area (Å²) in [6.45, 7) is 2.06. The molecule has 0 saturated heterocycles. The zero-order valence-corrected chi connectivity index (χ0v) is 13.2. The van der Waals surface area contributed by atoms with Gasteiger partial charge in [-0.25, -0.2) is 13.1 Å². The van der Waals surface area contributed by atoms with Crippen LogP contribution in [0.5, 0.6) is 0 Å². The monoisotopic (exact) mass is 355 g/mol. The molecule has 2 aromatic rings. The van der Waals surface area contributed by atoms with E-state index in [0.717, 1.165) is 11.3 Å². The fraction of sp³-hybridized carbons (Fsp3) is 0.154. The van der Waals surface area contributed by atoms with Gasteiger partial charge in [0.25, 0.3) is 0 Å². The summed E-state index contributed by atoms with van der Waals surface area (Å²) in [5.74, 6) is 0. The second kappa shape index (κ2) is 5.90. The minimum atomic E-state index is -3.59. The number of nitrogens with one attached hydrogen (secondary N) is 1.